The first-order valence-corrected chi connectivity index (χ1v) is 6.64. The highest BCUT2D eigenvalue weighted by Crippen LogP contribution is 2.39. The smallest absolute Gasteiger partial charge is 0.274 e. The van der Waals surface area contributed by atoms with Crippen molar-refractivity contribution in [1.82, 2.24) is 4.98 Å². The molecule has 0 radical (unpaired) electrons. The zero-order chi connectivity index (χ0) is 16.1. The zero-order valence-corrected chi connectivity index (χ0v) is 13.0. The SMILES string of the molecule is COc1cc(NC(=O)c2cccc(C)n2)cc(OC)c1OC. The molecule has 0 aliphatic carbocycles. The van der Waals surface area contributed by atoms with Gasteiger partial charge in [0, 0.05) is 23.5 Å². The quantitative estimate of drug-likeness (QED) is 0.919. The van der Waals surface area contributed by atoms with Gasteiger partial charge in [-0.25, -0.2) is 4.98 Å². The molecular formula is C16H18N2O4. The normalized spacial score (nSPS) is 10.0. The summed E-state index contributed by atoms with van der Waals surface area (Å²) in [5.41, 5.74) is 1.65. The molecule has 2 rings (SSSR count). The number of nitrogens with zero attached hydrogens (tertiary/aromatic N) is 1. The van der Waals surface area contributed by atoms with E-state index in [-0.39, 0.29) is 5.91 Å². The summed E-state index contributed by atoms with van der Waals surface area (Å²) in [4.78, 5) is 16.4. The lowest BCUT2D eigenvalue weighted by Gasteiger charge is -2.14. The molecule has 1 aromatic heterocycles. The maximum absolute atomic E-state index is 12.2. The van der Waals surface area contributed by atoms with E-state index in [0.29, 0.717) is 28.6 Å². The molecule has 0 aliphatic rings. The van der Waals surface area contributed by atoms with Crippen LogP contribution >= 0.6 is 0 Å². The van der Waals surface area contributed by atoms with E-state index in [9.17, 15) is 4.79 Å². The average molecular weight is 302 g/mol. The van der Waals surface area contributed by atoms with Crippen LogP contribution in [0.15, 0.2) is 30.3 Å². The standard InChI is InChI=1S/C16H18N2O4/c1-10-6-5-7-12(17-10)16(19)18-11-8-13(20-2)15(22-4)14(9-11)21-3/h5-9H,1-4H3,(H,18,19). The van der Waals surface area contributed by atoms with Crippen molar-refractivity contribution in [2.24, 2.45) is 0 Å². The Balaban J connectivity index is 2.31. The molecule has 0 aliphatic heterocycles. The Hall–Kier alpha value is -2.76. The summed E-state index contributed by atoms with van der Waals surface area (Å²) >= 11 is 0. The van der Waals surface area contributed by atoms with Crippen LogP contribution in [-0.4, -0.2) is 32.2 Å². The van der Waals surface area contributed by atoms with Crippen molar-refractivity contribution >= 4 is 11.6 Å². The Bertz CT molecular complexity index is 661. The molecule has 0 spiro atoms. The molecule has 0 unspecified atom stereocenters. The highest BCUT2D eigenvalue weighted by Gasteiger charge is 2.15. The third kappa shape index (κ3) is 3.28. The molecule has 0 saturated carbocycles. The van der Waals surface area contributed by atoms with E-state index < -0.39 is 0 Å². The summed E-state index contributed by atoms with van der Waals surface area (Å²) < 4.78 is 15.8. The third-order valence-electron chi connectivity index (χ3n) is 3.04. The average Bonchev–Trinajstić information content (AvgIpc) is 2.53. The molecule has 0 saturated heterocycles. The largest absolute Gasteiger partial charge is 0.493 e. The van der Waals surface area contributed by atoms with Gasteiger partial charge in [-0.2, -0.15) is 0 Å². The minimum absolute atomic E-state index is 0.307. The van der Waals surface area contributed by atoms with Crippen molar-refractivity contribution in [2.75, 3.05) is 26.6 Å². The zero-order valence-electron chi connectivity index (χ0n) is 13.0. The van der Waals surface area contributed by atoms with E-state index in [4.69, 9.17) is 14.2 Å². The first-order valence-electron chi connectivity index (χ1n) is 6.64. The number of anilines is 1. The van der Waals surface area contributed by atoms with E-state index in [2.05, 4.69) is 10.3 Å². The maximum atomic E-state index is 12.2. The van der Waals surface area contributed by atoms with Crippen molar-refractivity contribution in [1.29, 1.82) is 0 Å². The van der Waals surface area contributed by atoms with E-state index in [1.54, 1.807) is 24.3 Å². The molecule has 1 aromatic carbocycles. The number of aromatic nitrogens is 1. The first-order chi connectivity index (χ1) is 10.6. The van der Waals surface area contributed by atoms with Crippen LogP contribution in [-0.2, 0) is 0 Å². The Morgan fingerprint density at radius 1 is 1.05 bits per heavy atom. The van der Waals surface area contributed by atoms with Crippen LogP contribution in [0.2, 0.25) is 0 Å². The first kappa shape index (κ1) is 15.6. The number of hydrogen-bond acceptors (Lipinski definition) is 5. The maximum Gasteiger partial charge on any atom is 0.274 e. The molecule has 0 atom stereocenters. The number of ether oxygens (including phenoxy) is 3. The number of methoxy groups -OCH3 is 3. The number of nitrogens with one attached hydrogen (secondary N) is 1. The fourth-order valence-corrected chi connectivity index (χ4v) is 2.02. The van der Waals surface area contributed by atoms with Crippen LogP contribution in [0.5, 0.6) is 17.2 Å². The van der Waals surface area contributed by atoms with Gasteiger partial charge < -0.3 is 19.5 Å². The summed E-state index contributed by atoms with van der Waals surface area (Å²) in [6.07, 6.45) is 0. The Morgan fingerprint density at radius 3 is 2.18 bits per heavy atom. The summed E-state index contributed by atoms with van der Waals surface area (Å²) in [6.45, 7) is 1.83. The monoisotopic (exact) mass is 302 g/mol. The summed E-state index contributed by atoms with van der Waals surface area (Å²) in [5, 5.41) is 2.77. The number of carbonyl (C=O) groups excluding carboxylic acids is 1. The Labute approximate surface area is 129 Å². The van der Waals surface area contributed by atoms with Gasteiger partial charge in [-0.3, -0.25) is 4.79 Å². The second-order valence-corrected chi connectivity index (χ2v) is 4.53. The number of pyridine rings is 1. The molecule has 116 valence electrons. The lowest BCUT2D eigenvalue weighted by Crippen LogP contribution is -2.14. The molecule has 1 amide bonds. The Kier molecular flexibility index (Phi) is 4.83. The molecule has 0 fully saturated rings. The molecular weight excluding hydrogens is 284 g/mol. The minimum atomic E-state index is -0.307. The van der Waals surface area contributed by atoms with E-state index in [1.165, 1.54) is 21.3 Å². The van der Waals surface area contributed by atoms with Crippen molar-refractivity contribution < 1.29 is 19.0 Å². The van der Waals surface area contributed by atoms with Gasteiger partial charge in [-0.05, 0) is 19.1 Å². The number of carbonyl (C=O) groups is 1. The van der Waals surface area contributed by atoms with Crippen molar-refractivity contribution in [3.63, 3.8) is 0 Å². The van der Waals surface area contributed by atoms with Crippen LogP contribution in [0.1, 0.15) is 16.2 Å². The van der Waals surface area contributed by atoms with Crippen molar-refractivity contribution in [2.45, 2.75) is 6.92 Å². The van der Waals surface area contributed by atoms with Crippen LogP contribution in [0, 0.1) is 6.92 Å². The fourth-order valence-electron chi connectivity index (χ4n) is 2.02. The van der Waals surface area contributed by atoms with Crippen LogP contribution < -0.4 is 19.5 Å². The van der Waals surface area contributed by atoms with Gasteiger partial charge in [0.25, 0.3) is 5.91 Å². The Morgan fingerprint density at radius 2 is 1.68 bits per heavy atom. The van der Waals surface area contributed by atoms with Crippen LogP contribution in [0.4, 0.5) is 5.69 Å². The van der Waals surface area contributed by atoms with Gasteiger partial charge in [-0.1, -0.05) is 6.07 Å². The fraction of sp³-hybridized carbons (Fsp3) is 0.250. The minimum Gasteiger partial charge on any atom is -0.493 e. The van der Waals surface area contributed by atoms with E-state index >= 15 is 0 Å². The molecule has 22 heavy (non-hydrogen) atoms. The molecule has 6 nitrogen and oxygen atoms in total. The predicted molar refractivity (Wildman–Crippen MR) is 83.0 cm³/mol. The second-order valence-electron chi connectivity index (χ2n) is 4.53. The van der Waals surface area contributed by atoms with E-state index in [1.807, 2.05) is 13.0 Å². The van der Waals surface area contributed by atoms with Gasteiger partial charge in [0.15, 0.2) is 11.5 Å². The lowest BCUT2D eigenvalue weighted by molar-refractivity contribution is 0.102. The second kappa shape index (κ2) is 6.80. The van der Waals surface area contributed by atoms with Gasteiger partial charge in [0.2, 0.25) is 5.75 Å². The molecule has 0 bridgehead atoms. The predicted octanol–water partition coefficient (Wildman–Crippen LogP) is 2.67. The molecule has 2 aromatic rings. The summed E-state index contributed by atoms with van der Waals surface area (Å²) in [5.74, 6) is 1.10. The van der Waals surface area contributed by atoms with Gasteiger partial charge in [-0.15, -0.1) is 0 Å². The van der Waals surface area contributed by atoms with Crippen molar-refractivity contribution in [3.8, 4) is 17.2 Å². The topological polar surface area (TPSA) is 69.7 Å². The van der Waals surface area contributed by atoms with Crippen LogP contribution in [0.3, 0.4) is 0 Å². The van der Waals surface area contributed by atoms with E-state index in [0.717, 1.165) is 5.69 Å². The number of amides is 1. The number of hydrogen-bond donors (Lipinski definition) is 1. The van der Waals surface area contributed by atoms with Gasteiger partial charge in [0.05, 0.1) is 21.3 Å². The summed E-state index contributed by atoms with van der Waals surface area (Å²) in [6, 6.07) is 8.59. The lowest BCUT2D eigenvalue weighted by atomic mass is 10.2. The summed E-state index contributed by atoms with van der Waals surface area (Å²) in [7, 11) is 4.56. The highest BCUT2D eigenvalue weighted by molar-refractivity contribution is 6.03. The van der Waals surface area contributed by atoms with Crippen LogP contribution in [0.25, 0.3) is 0 Å². The molecule has 1 heterocycles. The van der Waals surface area contributed by atoms with Gasteiger partial charge >= 0.3 is 0 Å². The highest BCUT2D eigenvalue weighted by atomic mass is 16.5. The number of benzene rings is 1. The molecule has 6 heteroatoms. The van der Waals surface area contributed by atoms with Gasteiger partial charge in [0.1, 0.15) is 5.69 Å². The molecule has 1 N–H and O–H groups in total. The number of rotatable bonds is 5. The number of aryl methyl sites for hydroxylation is 1. The third-order valence-corrected chi connectivity index (χ3v) is 3.04. The van der Waals surface area contributed by atoms with Crippen molar-refractivity contribution in [3.05, 3.63) is 41.7 Å².